The number of nitrogens with two attached hydrogens (primary N) is 1. The fourth-order valence-electron chi connectivity index (χ4n) is 2.78. The quantitative estimate of drug-likeness (QED) is 0.843. The van der Waals surface area contributed by atoms with Crippen LogP contribution in [0.3, 0.4) is 0 Å². The molecule has 1 atom stereocenters. The number of hydrogen-bond acceptors (Lipinski definition) is 4. The molecule has 1 saturated heterocycles. The summed E-state index contributed by atoms with van der Waals surface area (Å²) in [5, 5.41) is 13.3. The number of amides is 1. The van der Waals surface area contributed by atoms with E-state index in [9.17, 15) is 4.79 Å². The second kappa shape index (κ2) is 5.61. The SMILES string of the molecule is Cc1nn(C)c(C(=O)N2CCCCC2CCO)c1N. The van der Waals surface area contributed by atoms with Crippen molar-refractivity contribution in [2.45, 2.75) is 38.6 Å². The van der Waals surface area contributed by atoms with E-state index in [1.165, 1.54) is 0 Å². The molecule has 1 aliphatic rings. The van der Waals surface area contributed by atoms with Gasteiger partial charge in [-0.05, 0) is 32.6 Å². The van der Waals surface area contributed by atoms with Crippen molar-refractivity contribution in [3.05, 3.63) is 11.4 Å². The van der Waals surface area contributed by atoms with Crippen molar-refractivity contribution in [2.24, 2.45) is 7.05 Å². The fourth-order valence-corrected chi connectivity index (χ4v) is 2.78. The Hall–Kier alpha value is -1.56. The summed E-state index contributed by atoms with van der Waals surface area (Å²) in [5.74, 6) is -0.0706. The van der Waals surface area contributed by atoms with Crippen LogP contribution in [0.15, 0.2) is 0 Å². The molecule has 2 heterocycles. The molecular weight excluding hydrogens is 244 g/mol. The highest BCUT2D eigenvalue weighted by Crippen LogP contribution is 2.24. The Morgan fingerprint density at radius 2 is 2.26 bits per heavy atom. The third-order valence-corrected chi connectivity index (χ3v) is 3.82. The smallest absolute Gasteiger partial charge is 0.274 e. The van der Waals surface area contributed by atoms with Crippen LogP contribution in [0.5, 0.6) is 0 Å². The van der Waals surface area contributed by atoms with Crippen molar-refractivity contribution in [1.82, 2.24) is 14.7 Å². The van der Waals surface area contributed by atoms with Crippen LogP contribution in [-0.4, -0.2) is 44.9 Å². The van der Waals surface area contributed by atoms with Gasteiger partial charge in [0.15, 0.2) is 0 Å². The minimum Gasteiger partial charge on any atom is -0.396 e. The second-order valence-corrected chi connectivity index (χ2v) is 5.13. The first-order chi connectivity index (χ1) is 9.06. The Labute approximate surface area is 113 Å². The first kappa shape index (κ1) is 13.9. The van der Waals surface area contributed by atoms with Crippen LogP contribution in [0.1, 0.15) is 41.9 Å². The molecule has 0 saturated carbocycles. The van der Waals surface area contributed by atoms with Gasteiger partial charge in [0, 0.05) is 26.2 Å². The van der Waals surface area contributed by atoms with Crippen LogP contribution < -0.4 is 5.73 Å². The van der Waals surface area contributed by atoms with Crippen molar-refractivity contribution < 1.29 is 9.90 Å². The summed E-state index contributed by atoms with van der Waals surface area (Å²) in [4.78, 5) is 14.5. The normalized spacial score (nSPS) is 19.7. The van der Waals surface area contributed by atoms with E-state index in [0.717, 1.165) is 25.8 Å². The topological polar surface area (TPSA) is 84.4 Å². The van der Waals surface area contributed by atoms with E-state index in [4.69, 9.17) is 10.8 Å². The highest BCUT2D eigenvalue weighted by molar-refractivity contribution is 5.98. The van der Waals surface area contributed by atoms with Gasteiger partial charge in [-0.15, -0.1) is 0 Å². The summed E-state index contributed by atoms with van der Waals surface area (Å²) >= 11 is 0. The Morgan fingerprint density at radius 1 is 1.53 bits per heavy atom. The number of carbonyl (C=O) groups is 1. The Bertz CT molecular complexity index is 467. The molecule has 1 amide bonds. The van der Waals surface area contributed by atoms with Gasteiger partial charge >= 0.3 is 0 Å². The number of anilines is 1. The third kappa shape index (κ3) is 2.58. The molecule has 106 valence electrons. The summed E-state index contributed by atoms with van der Waals surface area (Å²) in [6, 6.07) is 0.112. The van der Waals surface area contributed by atoms with Crippen molar-refractivity contribution >= 4 is 11.6 Å². The second-order valence-electron chi connectivity index (χ2n) is 5.13. The van der Waals surface area contributed by atoms with Gasteiger partial charge in [0.2, 0.25) is 0 Å². The van der Waals surface area contributed by atoms with Crippen molar-refractivity contribution in [2.75, 3.05) is 18.9 Å². The highest BCUT2D eigenvalue weighted by Gasteiger charge is 2.30. The lowest BCUT2D eigenvalue weighted by Crippen LogP contribution is -2.45. The standard InChI is InChI=1S/C13H22N4O2/c1-9-11(14)12(16(2)15-9)13(19)17-7-4-3-5-10(17)6-8-18/h10,18H,3-8,14H2,1-2H3. The zero-order valence-corrected chi connectivity index (χ0v) is 11.6. The number of aliphatic hydroxyl groups is 1. The maximum absolute atomic E-state index is 12.6. The summed E-state index contributed by atoms with van der Waals surface area (Å²) < 4.78 is 1.55. The largest absolute Gasteiger partial charge is 0.396 e. The average molecular weight is 266 g/mol. The van der Waals surface area contributed by atoms with Gasteiger partial charge in [0.05, 0.1) is 11.4 Å². The minimum absolute atomic E-state index is 0.0706. The number of aryl methyl sites for hydroxylation is 2. The van der Waals surface area contributed by atoms with Crippen molar-refractivity contribution in [3.63, 3.8) is 0 Å². The predicted octanol–water partition coefficient (Wildman–Crippen LogP) is 0.688. The molecule has 6 heteroatoms. The molecule has 0 bridgehead atoms. The molecule has 0 aromatic carbocycles. The van der Waals surface area contributed by atoms with Crippen molar-refractivity contribution in [1.29, 1.82) is 0 Å². The zero-order valence-electron chi connectivity index (χ0n) is 11.6. The fraction of sp³-hybridized carbons (Fsp3) is 0.692. The summed E-state index contributed by atoms with van der Waals surface area (Å²) in [6.45, 7) is 2.63. The van der Waals surface area contributed by atoms with Gasteiger partial charge in [-0.25, -0.2) is 0 Å². The Balaban J connectivity index is 2.26. The minimum atomic E-state index is -0.0706. The molecule has 1 fully saturated rings. The third-order valence-electron chi connectivity index (χ3n) is 3.82. The van der Waals surface area contributed by atoms with Crippen LogP contribution in [-0.2, 0) is 7.05 Å². The number of hydrogen-bond donors (Lipinski definition) is 2. The van der Waals surface area contributed by atoms with Crippen LogP contribution in [0, 0.1) is 6.92 Å². The number of likely N-dealkylation sites (tertiary alicyclic amines) is 1. The molecular formula is C13H22N4O2. The van der Waals surface area contributed by atoms with Gasteiger partial charge in [-0.3, -0.25) is 9.48 Å². The van der Waals surface area contributed by atoms with E-state index in [-0.39, 0.29) is 18.6 Å². The monoisotopic (exact) mass is 266 g/mol. The maximum atomic E-state index is 12.6. The molecule has 19 heavy (non-hydrogen) atoms. The zero-order chi connectivity index (χ0) is 14.0. The van der Waals surface area contributed by atoms with Gasteiger partial charge in [-0.2, -0.15) is 5.10 Å². The molecule has 1 unspecified atom stereocenters. The molecule has 3 N–H and O–H groups in total. The first-order valence-corrected chi connectivity index (χ1v) is 6.77. The Morgan fingerprint density at radius 3 is 2.84 bits per heavy atom. The van der Waals surface area contributed by atoms with E-state index in [2.05, 4.69) is 5.10 Å². The van der Waals surface area contributed by atoms with Gasteiger partial charge < -0.3 is 15.7 Å². The molecule has 1 aromatic rings. The number of rotatable bonds is 3. The summed E-state index contributed by atoms with van der Waals surface area (Å²) in [6.07, 6.45) is 3.68. The molecule has 0 spiro atoms. The summed E-state index contributed by atoms with van der Waals surface area (Å²) in [5.41, 5.74) is 7.55. The highest BCUT2D eigenvalue weighted by atomic mass is 16.3. The van der Waals surface area contributed by atoms with E-state index >= 15 is 0 Å². The molecule has 0 aliphatic carbocycles. The van der Waals surface area contributed by atoms with Crippen LogP contribution in [0.2, 0.25) is 0 Å². The van der Waals surface area contributed by atoms with E-state index in [0.29, 0.717) is 23.5 Å². The van der Waals surface area contributed by atoms with Crippen molar-refractivity contribution in [3.8, 4) is 0 Å². The molecule has 0 radical (unpaired) electrons. The lowest BCUT2D eigenvalue weighted by molar-refractivity contribution is 0.0564. The number of piperidine rings is 1. The van der Waals surface area contributed by atoms with E-state index in [1.54, 1.807) is 18.7 Å². The van der Waals surface area contributed by atoms with Crippen LogP contribution >= 0.6 is 0 Å². The van der Waals surface area contributed by atoms with E-state index in [1.807, 2.05) is 4.90 Å². The lowest BCUT2D eigenvalue weighted by Gasteiger charge is -2.35. The van der Waals surface area contributed by atoms with Gasteiger partial charge in [-0.1, -0.05) is 0 Å². The molecule has 6 nitrogen and oxygen atoms in total. The van der Waals surface area contributed by atoms with Gasteiger partial charge in [0.1, 0.15) is 5.69 Å². The lowest BCUT2D eigenvalue weighted by atomic mass is 9.99. The van der Waals surface area contributed by atoms with Crippen LogP contribution in [0.4, 0.5) is 5.69 Å². The summed E-state index contributed by atoms with van der Waals surface area (Å²) in [7, 11) is 1.74. The number of carbonyl (C=O) groups excluding carboxylic acids is 1. The van der Waals surface area contributed by atoms with E-state index < -0.39 is 0 Å². The van der Waals surface area contributed by atoms with Crippen LogP contribution in [0.25, 0.3) is 0 Å². The Kier molecular flexibility index (Phi) is 4.09. The number of nitrogens with zero attached hydrogens (tertiary/aromatic N) is 3. The predicted molar refractivity (Wildman–Crippen MR) is 72.7 cm³/mol. The number of aliphatic hydroxyl groups excluding tert-OH is 1. The maximum Gasteiger partial charge on any atom is 0.274 e. The number of nitrogen functional groups attached to an aromatic ring is 1. The molecule has 1 aromatic heterocycles. The average Bonchev–Trinajstić information content (AvgIpc) is 2.64. The number of aromatic nitrogens is 2. The molecule has 2 rings (SSSR count). The van der Waals surface area contributed by atoms with Gasteiger partial charge in [0.25, 0.3) is 5.91 Å². The molecule has 1 aliphatic heterocycles. The first-order valence-electron chi connectivity index (χ1n) is 6.77.